The van der Waals surface area contributed by atoms with Crippen molar-refractivity contribution in [2.24, 2.45) is 0 Å². The summed E-state index contributed by atoms with van der Waals surface area (Å²) in [4.78, 5) is 16.0. The van der Waals surface area contributed by atoms with Crippen molar-refractivity contribution in [2.75, 3.05) is 0 Å². The molecule has 0 aromatic carbocycles. The molecule has 1 heterocycles. The van der Waals surface area contributed by atoms with Crippen molar-refractivity contribution < 1.29 is 9.90 Å². The number of aliphatic hydroxyl groups is 1. The highest BCUT2D eigenvalue weighted by atomic mass is 16.3. The molecule has 0 atom stereocenters. The summed E-state index contributed by atoms with van der Waals surface area (Å²) in [5.74, 6) is -0.0554. The van der Waals surface area contributed by atoms with Gasteiger partial charge in [0.1, 0.15) is 5.60 Å². The topological polar surface area (TPSA) is 50.2 Å². The second-order valence-electron chi connectivity index (χ2n) is 4.55. The Bertz CT molecular complexity index is 355. The average molecular weight is 219 g/mol. The first-order valence-electron chi connectivity index (χ1n) is 5.85. The first kappa shape index (κ1) is 11.3. The maximum absolute atomic E-state index is 12.0. The highest BCUT2D eigenvalue weighted by Crippen LogP contribution is 2.29. The van der Waals surface area contributed by atoms with E-state index in [9.17, 15) is 9.90 Å². The summed E-state index contributed by atoms with van der Waals surface area (Å²) in [7, 11) is 0. The van der Waals surface area contributed by atoms with Gasteiger partial charge < -0.3 is 5.11 Å². The predicted molar refractivity (Wildman–Crippen MR) is 61.0 cm³/mol. The molecule has 1 aliphatic carbocycles. The fourth-order valence-electron chi connectivity index (χ4n) is 2.27. The van der Waals surface area contributed by atoms with Gasteiger partial charge in [-0.25, -0.2) is 0 Å². The van der Waals surface area contributed by atoms with Crippen molar-refractivity contribution in [3.05, 3.63) is 30.1 Å². The van der Waals surface area contributed by atoms with E-state index in [2.05, 4.69) is 4.98 Å². The summed E-state index contributed by atoms with van der Waals surface area (Å²) in [6.07, 6.45) is 7.93. The lowest BCUT2D eigenvalue weighted by Crippen LogP contribution is -2.41. The van der Waals surface area contributed by atoms with Crippen LogP contribution in [-0.4, -0.2) is 21.5 Å². The molecule has 0 amide bonds. The Morgan fingerprint density at radius 2 is 2.12 bits per heavy atom. The highest BCUT2D eigenvalue weighted by molar-refractivity contribution is 5.88. The molecule has 1 fully saturated rings. The molecule has 0 saturated heterocycles. The van der Waals surface area contributed by atoms with Gasteiger partial charge >= 0.3 is 0 Å². The molecule has 2 rings (SSSR count). The minimum atomic E-state index is -1.08. The minimum absolute atomic E-state index is 0.0554. The predicted octanol–water partition coefficient (Wildman–Crippen LogP) is 1.89. The maximum atomic E-state index is 12.0. The average Bonchev–Trinajstić information content (AvgIpc) is 2.31. The summed E-state index contributed by atoms with van der Waals surface area (Å²) in [5.41, 5.74) is -0.194. The van der Waals surface area contributed by atoms with E-state index in [-0.39, 0.29) is 5.78 Å². The van der Waals surface area contributed by atoms with E-state index in [0.717, 1.165) is 24.8 Å². The number of nitrogens with zero attached hydrogens (tertiary/aromatic N) is 1. The zero-order chi connectivity index (χ0) is 11.4. The Morgan fingerprint density at radius 1 is 1.38 bits per heavy atom. The summed E-state index contributed by atoms with van der Waals surface area (Å²) in [5, 5.41) is 10.2. The van der Waals surface area contributed by atoms with Crippen LogP contribution < -0.4 is 0 Å². The van der Waals surface area contributed by atoms with Crippen molar-refractivity contribution in [1.82, 2.24) is 4.98 Å². The van der Waals surface area contributed by atoms with Crippen molar-refractivity contribution in [1.29, 1.82) is 0 Å². The molecule has 0 radical (unpaired) electrons. The smallest absolute Gasteiger partial charge is 0.168 e. The van der Waals surface area contributed by atoms with Crippen LogP contribution in [0.5, 0.6) is 0 Å². The molecule has 0 bridgehead atoms. The normalized spacial score (nSPS) is 19.3. The molecule has 1 aromatic heterocycles. The Balaban J connectivity index is 2.02. The van der Waals surface area contributed by atoms with Crippen LogP contribution in [0.3, 0.4) is 0 Å². The van der Waals surface area contributed by atoms with Crippen LogP contribution in [0.15, 0.2) is 24.5 Å². The third kappa shape index (κ3) is 2.47. The molecule has 1 aliphatic rings. The molecule has 1 N–H and O–H groups in total. The van der Waals surface area contributed by atoms with Crippen LogP contribution in [0.25, 0.3) is 0 Å². The van der Waals surface area contributed by atoms with E-state index < -0.39 is 5.60 Å². The number of hydrogen-bond donors (Lipinski definition) is 1. The molecule has 3 heteroatoms. The summed E-state index contributed by atoms with van der Waals surface area (Å²) in [6, 6.07) is 3.69. The van der Waals surface area contributed by atoms with Crippen LogP contribution in [0, 0.1) is 0 Å². The van der Waals surface area contributed by atoms with Crippen LogP contribution in [0.4, 0.5) is 0 Å². The molecule has 86 valence electrons. The lowest BCUT2D eigenvalue weighted by atomic mass is 9.80. The number of rotatable bonds is 3. The van der Waals surface area contributed by atoms with Crippen molar-refractivity contribution in [3.8, 4) is 0 Å². The molecular weight excluding hydrogens is 202 g/mol. The van der Waals surface area contributed by atoms with Gasteiger partial charge in [0.2, 0.25) is 0 Å². The second kappa shape index (κ2) is 4.74. The maximum Gasteiger partial charge on any atom is 0.168 e. The van der Waals surface area contributed by atoms with Gasteiger partial charge in [0.05, 0.1) is 0 Å². The van der Waals surface area contributed by atoms with E-state index in [1.807, 2.05) is 12.1 Å². The van der Waals surface area contributed by atoms with Crippen molar-refractivity contribution in [2.45, 2.75) is 44.1 Å². The third-order valence-corrected chi connectivity index (χ3v) is 3.29. The van der Waals surface area contributed by atoms with Gasteiger partial charge in [-0.3, -0.25) is 9.78 Å². The van der Waals surface area contributed by atoms with Gasteiger partial charge in [-0.15, -0.1) is 0 Å². The Morgan fingerprint density at radius 3 is 2.75 bits per heavy atom. The summed E-state index contributed by atoms with van der Waals surface area (Å²) < 4.78 is 0. The SMILES string of the molecule is O=C(Cc1cccnc1)C1(O)CCCCC1. The summed E-state index contributed by atoms with van der Waals surface area (Å²) in [6.45, 7) is 0. The standard InChI is InChI=1S/C13H17NO2/c15-12(9-11-5-4-8-14-10-11)13(16)6-2-1-3-7-13/h4-5,8,10,16H,1-3,6-7,9H2. The fraction of sp³-hybridized carbons (Fsp3) is 0.538. The number of Topliss-reactive ketones (excluding diaryl/α,β-unsaturated/α-hetero) is 1. The van der Waals surface area contributed by atoms with E-state index in [1.165, 1.54) is 0 Å². The number of pyridine rings is 1. The van der Waals surface area contributed by atoms with E-state index in [1.54, 1.807) is 12.4 Å². The number of carbonyl (C=O) groups is 1. The van der Waals surface area contributed by atoms with Gasteiger partial charge in [-0.2, -0.15) is 0 Å². The van der Waals surface area contributed by atoms with Gasteiger partial charge in [-0.1, -0.05) is 25.3 Å². The first-order chi connectivity index (χ1) is 7.71. The second-order valence-corrected chi connectivity index (χ2v) is 4.55. The highest BCUT2D eigenvalue weighted by Gasteiger charge is 2.36. The largest absolute Gasteiger partial charge is 0.382 e. The molecule has 0 unspecified atom stereocenters. The van der Waals surface area contributed by atoms with Gasteiger partial charge in [0.25, 0.3) is 0 Å². The Hall–Kier alpha value is -1.22. The first-order valence-corrected chi connectivity index (χ1v) is 5.85. The quantitative estimate of drug-likeness (QED) is 0.844. The van der Waals surface area contributed by atoms with Crippen LogP contribution >= 0.6 is 0 Å². The third-order valence-electron chi connectivity index (χ3n) is 3.29. The van der Waals surface area contributed by atoms with Crippen LogP contribution in [0.2, 0.25) is 0 Å². The van der Waals surface area contributed by atoms with Gasteiger partial charge in [0, 0.05) is 18.8 Å². The Kier molecular flexibility index (Phi) is 3.34. The molecule has 16 heavy (non-hydrogen) atoms. The van der Waals surface area contributed by atoms with Crippen LogP contribution in [-0.2, 0) is 11.2 Å². The number of carbonyl (C=O) groups excluding carboxylic acids is 1. The van der Waals surface area contributed by atoms with E-state index in [0.29, 0.717) is 19.3 Å². The van der Waals surface area contributed by atoms with E-state index >= 15 is 0 Å². The zero-order valence-corrected chi connectivity index (χ0v) is 9.35. The lowest BCUT2D eigenvalue weighted by molar-refractivity contribution is -0.139. The molecule has 1 saturated carbocycles. The zero-order valence-electron chi connectivity index (χ0n) is 9.35. The number of hydrogen-bond acceptors (Lipinski definition) is 3. The van der Waals surface area contributed by atoms with Crippen LogP contribution in [0.1, 0.15) is 37.7 Å². The summed E-state index contributed by atoms with van der Waals surface area (Å²) >= 11 is 0. The number of ketones is 1. The van der Waals surface area contributed by atoms with Gasteiger partial charge in [0.15, 0.2) is 5.78 Å². The van der Waals surface area contributed by atoms with Gasteiger partial charge in [-0.05, 0) is 24.5 Å². The molecule has 3 nitrogen and oxygen atoms in total. The van der Waals surface area contributed by atoms with E-state index in [4.69, 9.17) is 0 Å². The number of aromatic nitrogens is 1. The minimum Gasteiger partial charge on any atom is -0.382 e. The molecule has 0 spiro atoms. The Labute approximate surface area is 95.5 Å². The van der Waals surface area contributed by atoms with Crippen molar-refractivity contribution in [3.63, 3.8) is 0 Å². The monoisotopic (exact) mass is 219 g/mol. The van der Waals surface area contributed by atoms with Crippen molar-refractivity contribution >= 4 is 5.78 Å². The molecular formula is C13H17NO2. The lowest BCUT2D eigenvalue weighted by Gasteiger charge is -2.30. The molecule has 1 aromatic rings. The molecule has 0 aliphatic heterocycles. The fourth-order valence-corrected chi connectivity index (χ4v) is 2.27.